The Kier molecular flexibility index (Phi) is 4.25. The van der Waals surface area contributed by atoms with Gasteiger partial charge in [0.05, 0.1) is 5.69 Å². The van der Waals surface area contributed by atoms with Gasteiger partial charge in [0.15, 0.2) is 0 Å². The lowest BCUT2D eigenvalue weighted by molar-refractivity contribution is -0.123. The van der Waals surface area contributed by atoms with E-state index in [0.717, 1.165) is 16.3 Å². The van der Waals surface area contributed by atoms with Crippen LogP contribution in [-0.2, 0) is 9.59 Å². The smallest absolute Gasteiger partial charge is 0.240 e. The van der Waals surface area contributed by atoms with Crippen LogP contribution in [0.25, 0.3) is 0 Å². The Morgan fingerprint density at radius 2 is 2.22 bits per heavy atom. The van der Waals surface area contributed by atoms with Crippen molar-refractivity contribution >= 4 is 29.3 Å². The highest BCUT2D eigenvalue weighted by Gasteiger charge is 2.23. The van der Waals surface area contributed by atoms with Crippen LogP contribution in [0.15, 0.2) is 29.2 Å². The molecule has 2 amide bonds. The Morgan fingerprint density at radius 1 is 1.44 bits per heavy atom. The van der Waals surface area contributed by atoms with Gasteiger partial charge in [-0.1, -0.05) is 12.1 Å². The summed E-state index contributed by atoms with van der Waals surface area (Å²) >= 11 is 1.66. The number of carbonyl (C=O) groups is 2. The van der Waals surface area contributed by atoms with Gasteiger partial charge in [-0.25, -0.2) is 0 Å². The van der Waals surface area contributed by atoms with Crippen LogP contribution in [0, 0.1) is 0 Å². The maximum Gasteiger partial charge on any atom is 0.240 e. The summed E-state index contributed by atoms with van der Waals surface area (Å²) in [7, 11) is 0. The van der Waals surface area contributed by atoms with Gasteiger partial charge in [-0.3, -0.25) is 9.59 Å². The molecule has 0 spiro atoms. The Bertz CT molecular complexity index is 462. The molecule has 96 valence electrons. The van der Waals surface area contributed by atoms with Gasteiger partial charge in [0.1, 0.15) is 6.54 Å². The third-order valence-corrected chi connectivity index (χ3v) is 3.77. The molecule has 1 aliphatic rings. The van der Waals surface area contributed by atoms with Crippen LogP contribution in [0.3, 0.4) is 0 Å². The summed E-state index contributed by atoms with van der Waals surface area (Å²) in [6.45, 7) is 2.55. The van der Waals surface area contributed by atoms with Crippen molar-refractivity contribution in [1.29, 1.82) is 0 Å². The van der Waals surface area contributed by atoms with E-state index in [0.29, 0.717) is 13.0 Å². The molecule has 0 radical (unpaired) electrons. The van der Waals surface area contributed by atoms with Crippen LogP contribution < -0.4 is 10.2 Å². The van der Waals surface area contributed by atoms with Crippen molar-refractivity contribution in [2.45, 2.75) is 18.2 Å². The number of amides is 2. The van der Waals surface area contributed by atoms with E-state index in [1.807, 2.05) is 31.2 Å². The number of thioether (sulfide) groups is 1. The molecular formula is C13H16N2O2S. The second-order valence-electron chi connectivity index (χ2n) is 4.00. The first kappa shape index (κ1) is 13.0. The molecule has 18 heavy (non-hydrogen) atoms. The van der Waals surface area contributed by atoms with Gasteiger partial charge >= 0.3 is 0 Å². The minimum Gasteiger partial charge on any atom is -0.355 e. The number of nitrogens with one attached hydrogen (secondary N) is 1. The van der Waals surface area contributed by atoms with Gasteiger partial charge in [-0.15, -0.1) is 11.8 Å². The SMILES string of the molecule is CCNC(=O)CN1C(=O)CCSc2ccccc21. The molecule has 0 saturated heterocycles. The topological polar surface area (TPSA) is 49.4 Å². The lowest BCUT2D eigenvalue weighted by Gasteiger charge is -2.21. The maximum atomic E-state index is 12.0. The van der Waals surface area contributed by atoms with Crippen molar-refractivity contribution in [3.63, 3.8) is 0 Å². The molecule has 1 aromatic carbocycles. The number of hydrogen-bond donors (Lipinski definition) is 1. The van der Waals surface area contributed by atoms with Gasteiger partial charge in [-0.2, -0.15) is 0 Å². The fourth-order valence-electron chi connectivity index (χ4n) is 1.89. The highest BCUT2D eigenvalue weighted by molar-refractivity contribution is 7.99. The standard InChI is InChI=1S/C13H16N2O2S/c1-2-14-12(16)9-15-10-5-3-4-6-11(10)18-8-7-13(15)17/h3-6H,2,7-9H2,1H3,(H,14,16). The highest BCUT2D eigenvalue weighted by atomic mass is 32.2. The first-order valence-corrected chi connectivity index (χ1v) is 7.00. The van der Waals surface area contributed by atoms with E-state index < -0.39 is 0 Å². The number of fused-ring (bicyclic) bond motifs is 1. The van der Waals surface area contributed by atoms with Crippen LogP contribution in [0.2, 0.25) is 0 Å². The fraction of sp³-hybridized carbons (Fsp3) is 0.385. The average Bonchev–Trinajstić information content (AvgIpc) is 2.51. The summed E-state index contributed by atoms with van der Waals surface area (Å²) in [5, 5.41) is 2.72. The fourth-order valence-corrected chi connectivity index (χ4v) is 2.89. The summed E-state index contributed by atoms with van der Waals surface area (Å²) < 4.78 is 0. The first-order chi connectivity index (χ1) is 8.72. The van der Waals surface area contributed by atoms with E-state index in [4.69, 9.17) is 0 Å². The first-order valence-electron chi connectivity index (χ1n) is 6.01. The van der Waals surface area contributed by atoms with Gasteiger partial charge in [0, 0.05) is 23.6 Å². The molecule has 0 atom stereocenters. The number of carbonyl (C=O) groups excluding carboxylic acids is 2. The Hall–Kier alpha value is -1.49. The lowest BCUT2D eigenvalue weighted by atomic mass is 10.2. The maximum absolute atomic E-state index is 12.0. The van der Waals surface area contributed by atoms with Crippen molar-refractivity contribution in [3.05, 3.63) is 24.3 Å². The van der Waals surface area contributed by atoms with Crippen molar-refractivity contribution in [2.24, 2.45) is 0 Å². The number of likely N-dealkylation sites (N-methyl/N-ethyl adjacent to an activating group) is 1. The van der Waals surface area contributed by atoms with E-state index in [2.05, 4.69) is 5.32 Å². The average molecular weight is 264 g/mol. The number of rotatable bonds is 3. The highest BCUT2D eigenvalue weighted by Crippen LogP contribution is 2.33. The Labute approximate surface area is 111 Å². The van der Waals surface area contributed by atoms with Crippen molar-refractivity contribution < 1.29 is 9.59 Å². The molecule has 0 unspecified atom stereocenters. The molecule has 0 aliphatic carbocycles. The number of anilines is 1. The summed E-state index contributed by atoms with van der Waals surface area (Å²) in [5.74, 6) is 0.660. The molecule has 0 aromatic heterocycles. The molecule has 0 bridgehead atoms. The van der Waals surface area contributed by atoms with E-state index in [1.54, 1.807) is 16.7 Å². The summed E-state index contributed by atoms with van der Waals surface area (Å²) in [6.07, 6.45) is 0.471. The predicted octanol–water partition coefficient (Wildman–Crippen LogP) is 1.65. The van der Waals surface area contributed by atoms with Gasteiger partial charge < -0.3 is 10.2 Å². The molecule has 0 fully saturated rings. The van der Waals surface area contributed by atoms with Gasteiger partial charge in [0.2, 0.25) is 11.8 Å². The molecule has 2 rings (SSSR count). The summed E-state index contributed by atoms with van der Waals surface area (Å²) in [4.78, 5) is 26.4. The second-order valence-corrected chi connectivity index (χ2v) is 5.14. The van der Waals surface area contributed by atoms with Crippen molar-refractivity contribution in [3.8, 4) is 0 Å². The van der Waals surface area contributed by atoms with Crippen LogP contribution in [0.4, 0.5) is 5.69 Å². The minimum absolute atomic E-state index is 0.0127. The van der Waals surface area contributed by atoms with Crippen molar-refractivity contribution in [1.82, 2.24) is 5.32 Å². The number of benzene rings is 1. The number of nitrogens with zero attached hydrogens (tertiary/aromatic N) is 1. The molecule has 1 heterocycles. The van der Waals surface area contributed by atoms with Gasteiger partial charge in [-0.05, 0) is 19.1 Å². The summed E-state index contributed by atoms with van der Waals surface area (Å²) in [6, 6.07) is 7.72. The molecular weight excluding hydrogens is 248 g/mol. The Morgan fingerprint density at radius 3 is 3.00 bits per heavy atom. The molecule has 5 heteroatoms. The zero-order chi connectivity index (χ0) is 13.0. The summed E-state index contributed by atoms with van der Waals surface area (Å²) in [5.41, 5.74) is 0.844. The molecule has 1 aromatic rings. The lowest BCUT2D eigenvalue weighted by Crippen LogP contribution is -2.40. The third-order valence-electron chi connectivity index (χ3n) is 2.71. The monoisotopic (exact) mass is 264 g/mol. The van der Waals surface area contributed by atoms with E-state index in [9.17, 15) is 9.59 Å². The minimum atomic E-state index is -0.118. The third kappa shape index (κ3) is 2.85. The number of para-hydroxylation sites is 1. The predicted molar refractivity (Wildman–Crippen MR) is 72.8 cm³/mol. The number of hydrogen-bond acceptors (Lipinski definition) is 3. The van der Waals surface area contributed by atoms with Crippen molar-refractivity contribution in [2.75, 3.05) is 23.7 Å². The second kappa shape index (κ2) is 5.91. The Balaban J connectivity index is 2.25. The zero-order valence-electron chi connectivity index (χ0n) is 10.3. The van der Waals surface area contributed by atoms with Gasteiger partial charge in [0.25, 0.3) is 0 Å². The quantitative estimate of drug-likeness (QED) is 0.903. The normalized spacial score (nSPS) is 14.9. The van der Waals surface area contributed by atoms with Crippen LogP contribution >= 0.6 is 11.8 Å². The molecule has 4 nitrogen and oxygen atoms in total. The van der Waals surface area contributed by atoms with Crippen LogP contribution in [0.5, 0.6) is 0 Å². The van der Waals surface area contributed by atoms with Crippen LogP contribution in [0.1, 0.15) is 13.3 Å². The van der Waals surface area contributed by atoms with E-state index in [-0.39, 0.29) is 18.4 Å². The zero-order valence-corrected chi connectivity index (χ0v) is 11.1. The largest absolute Gasteiger partial charge is 0.355 e. The van der Waals surface area contributed by atoms with E-state index in [1.165, 1.54) is 0 Å². The van der Waals surface area contributed by atoms with E-state index >= 15 is 0 Å². The van der Waals surface area contributed by atoms with Crippen LogP contribution in [-0.4, -0.2) is 30.7 Å². The molecule has 1 aliphatic heterocycles. The molecule has 0 saturated carbocycles. The molecule has 1 N–H and O–H groups in total.